The van der Waals surface area contributed by atoms with Crippen LogP contribution in [-0.4, -0.2) is 82.9 Å². The second-order valence-corrected chi connectivity index (χ2v) is 9.05. The Morgan fingerprint density at radius 3 is 2.59 bits per heavy atom. The molecule has 0 aromatic carbocycles. The molecule has 8 heteroatoms. The summed E-state index contributed by atoms with van der Waals surface area (Å²) in [5, 5.41) is 6.30. The number of likely N-dealkylation sites (tertiary alicyclic amines) is 2. The first-order valence-corrected chi connectivity index (χ1v) is 11.1. The maximum Gasteiger partial charge on any atom is 0.269 e. The van der Waals surface area contributed by atoms with E-state index in [1.165, 1.54) is 19.2 Å². The van der Waals surface area contributed by atoms with Crippen LogP contribution in [0.4, 0.5) is 0 Å². The van der Waals surface area contributed by atoms with E-state index in [0.717, 1.165) is 51.2 Å². The number of piperidine rings is 1. The average molecular weight is 403 g/mol. The van der Waals surface area contributed by atoms with Crippen molar-refractivity contribution in [3.8, 4) is 0 Å². The van der Waals surface area contributed by atoms with Crippen molar-refractivity contribution in [2.75, 3.05) is 33.2 Å². The van der Waals surface area contributed by atoms with E-state index in [0.29, 0.717) is 30.7 Å². The van der Waals surface area contributed by atoms with Crippen molar-refractivity contribution < 1.29 is 9.59 Å². The smallest absolute Gasteiger partial charge is 0.269 e. The van der Waals surface area contributed by atoms with E-state index in [1.54, 1.807) is 6.20 Å². The standard InChI is InChI=1S/C21H34N6O2/c1-26-8-6-16(7-9-26)25-20(28)10-17-4-5-18(27(17)13-15-2-3-15)11-23-21(29)19-12-22-14-24-19/h12,14-18H,2-11,13H2,1H3,(H,22,24)(H,23,29)(H,25,28)/t17-,18+/m1/s1. The molecule has 29 heavy (non-hydrogen) atoms. The summed E-state index contributed by atoms with van der Waals surface area (Å²) >= 11 is 0. The lowest BCUT2D eigenvalue weighted by atomic mass is 10.0. The van der Waals surface area contributed by atoms with Gasteiger partial charge in [0.25, 0.3) is 5.91 Å². The van der Waals surface area contributed by atoms with Crippen molar-refractivity contribution in [3.63, 3.8) is 0 Å². The second-order valence-electron chi connectivity index (χ2n) is 9.05. The second kappa shape index (κ2) is 9.26. The minimum Gasteiger partial charge on any atom is -0.353 e. The van der Waals surface area contributed by atoms with Gasteiger partial charge in [0.05, 0.1) is 12.5 Å². The molecule has 160 valence electrons. The van der Waals surface area contributed by atoms with Gasteiger partial charge in [0, 0.05) is 37.6 Å². The zero-order valence-corrected chi connectivity index (χ0v) is 17.4. The molecule has 3 N–H and O–H groups in total. The summed E-state index contributed by atoms with van der Waals surface area (Å²) in [5.41, 5.74) is 0.491. The molecule has 1 aromatic rings. The average Bonchev–Trinajstić information content (AvgIpc) is 3.21. The molecule has 2 aliphatic heterocycles. The minimum atomic E-state index is -0.114. The molecule has 2 saturated heterocycles. The summed E-state index contributed by atoms with van der Waals surface area (Å²) in [7, 11) is 2.14. The number of hydrogen-bond donors (Lipinski definition) is 3. The molecular formula is C21H34N6O2. The summed E-state index contributed by atoms with van der Waals surface area (Å²) in [4.78, 5) is 36.5. The lowest BCUT2D eigenvalue weighted by Gasteiger charge is -2.32. The van der Waals surface area contributed by atoms with E-state index in [9.17, 15) is 9.59 Å². The predicted octanol–water partition coefficient (Wildman–Crippen LogP) is 0.983. The quantitative estimate of drug-likeness (QED) is 0.603. The number of nitrogens with zero attached hydrogens (tertiary/aromatic N) is 3. The summed E-state index contributed by atoms with van der Waals surface area (Å²) < 4.78 is 0. The first kappa shape index (κ1) is 20.3. The summed E-state index contributed by atoms with van der Waals surface area (Å²) in [6.45, 7) is 3.79. The van der Waals surface area contributed by atoms with Crippen LogP contribution in [-0.2, 0) is 4.79 Å². The van der Waals surface area contributed by atoms with Crippen LogP contribution in [0.15, 0.2) is 12.5 Å². The molecule has 1 aromatic heterocycles. The molecule has 1 saturated carbocycles. The summed E-state index contributed by atoms with van der Waals surface area (Å²) in [6, 6.07) is 0.918. The molecule has 0 radical (unpaired) electrons. The number of amides is 2. The fourth-order valence-electron chi connectivity index (χ4n) is 4.69. The Balaban J connectivity index is 1.28. The number of aromatic nitrogens is 2. The molecule has 2 atom stereocenters. The van der Waals surface area contributed by atoms with Gasteiger partial charge in [-0.25, -0.2) is 4.98 Å². The van der Waals surface area contributed by atoms with Crippen LogP contribution in [0.1, 0.15) is 55.4 Å². The number of imidazole rings is 1. The molecule has 8 nitrogen and oxygen atoms in total. The molecule has 3 heterocycles. The van der Waals surface area contributed by atoms with Crippen LogP contribution in [0.3, 0.4) is 0 Å². The fraction of sp³-hybridized carbons (Fsp3) is 0.762. The summed E-state index contributed by atoms with van der Waals surface area (Å²) in [5.74, 6) is 0.836. The molecule has 3 fully saturated rings. The van der Waals surface area contributed by atoms with Gasteiger partial charge in [0.2, 0.25) is 5.91 Å². The molecule has 3 aliphatic rings. The van der Waals surface area contributed by atoms with E-state index in [1.807, 2.05) is 0 Å². The molecule has 4 rings (SSSR count). The number of carbonyl (C=O) groups excluding carboxylic acids is 2. The maximum absolute atomic E-state index is 12.7. The van der Waals surface area contributed by atoms with Crippen LogP contribution in [0.2, 0.25) is 0 Å². The van der Waals surface area contributed by atoms with E-state index in [2.05, 4.69) is 37.4 Å². The third-order valence-corrected chi connectivity index (χ3v) is 6.68. The number of carbonyl (C=O) groups is 2. The van der Waals surface area contributed by atoms with Crippen molar-refractivity contribution >= 4 is 11.8 Å². The van der Waals surface area contributed by atoms with E-state index in [4.69, 9.17) is 0 Å². The van der Waals surface area contributed by atoms with Crippen molar-refractivity contribution in [1.82, 2.24) is 30.4 Å². The van der Waals surface area contributed by atoms with Crippen LogP contribution in [0.5, 0.6) is 0 Å². The number of rotatable bonds is 8. The van der Waals surface area contributed by atoms with Gasteiger partial charge in [0.1, 0.15) is 5.69 Å². The van der Waals surface area contributed by atoms with Crippen molar-refractivity contribution in [2.45, 2.75) is 63.1 Å². The first-order chi connectivity index (χ1) is 14.1. The Bertz CT molecular complexity index is 681. The van der Waals surface area contributed by atoms with Gasteiger partial charge in [0.15, 0.2) is 0 Å². The topological polar surface area (TPSA) is 93.4 Å². The zero-order valence-electron chi connectivity index (χ0n) is 17.4. The molecule has 0 spiro atoms. The van der Waals surface area contributed by atoms with Crippen LogP contribution >= 0.6 is 0 Å². The molecular weight excluding hydrogens is 368 g/mol. The SMILES string of the molecule is CN1CCC(NC(=O)C[C@H]2CC[C@@H](CNC(=O)c3cnc[nH]3)N2CC2CC2)CC1. The highest BCUT2D eigenvalue weighted by molar-refractivity contribution is 5.91. The first-order valence-electron chi connectivity index (χ1n) is 11.1. The van der Waals surface area contributed by atoms with E-state index >= 15 is 0 Å². The highest BCUT2D eigenvalue weighted by Crippen LogP contribution is 2.35. The third-order valence-electron chi connectivity index (χ3n) is 6.68. The fourth-order valence-corrected chi connectivity index (χ4v) is 4.69. The van der Waals surface area contributed by atoms with Crippen molar-refractivity contribution in [3.05, 3.63) is 18.2 Å². The van der Waals surface area contributed by atoms with E-state index < -0.39 is 0 Å². The lowest BCUT2D eigenvalue weighted by Crippen LogP contribution is -2.47. The van der Waals surface area contributed by atoms with Crippen molar-refractivity contribution in [1.29, 1.82) is 0 Å². The van der Waals surface area contributed by atoms with E-state index in [-0.39, 0.29) is 17.9 Å². The number of hydrogen-bond acceptors (Lipinski definition) is 5. The molecule has 0 unspecified atom stereocenters. The molecule has 1 aliphatic carbocycles. The summed E-state index contributed by atoms with van der Waals surface area (Å²) in [6.07, 6.45) is 10.4. The number of aromatic amines is 1. The van der Waals surface area contributed by atoms with Gasteiger partial charge in [-0.2, -0.15) is 0 Å². The maximum atomic E-state index is 12.7. The van der Waals surface area contributed by atoms with Gasteiger partial charge in [-0.05, 0) is 64.6 Å². The Morgan fingerprint density at radius 2 is 1.90 bits per heavy atom. The third kappa shape index (κ3) is 5.57. The highest BCUT2D eigenvalue weighted by Gasteiger charge is 2.38. The lowest BCUT2D eigenvalue weighted by molar-refractivity contribution is -0.123. The monoisotopic (exact) mass is 402 g/mol. The van der Waals surface area contributed by atoms with Gasteiger partial charge >= 0.3 is 0 Å². The van der Waals surface area contributed by atoms with Crippen LogP contribution < -0.4 is 10.6 Å². The highest BCUT2D eigenvalue weighted by atomic mass is 16.2. The Labute approximate surface area is 172 Å². The Hall–Kier alpha value is -1.93. The van der Waals surface area contributed by atoms with Crippen LogP contribution in [0.25, 0.3) is 0 Å². The normalized spacial score (nSPS) is 26.5. The van der Waals surface area contributed by atoms with Gasteiger partial charge < -0.3 is 20.5 Å². The Morgan fingerprint density at radius 1 is 1.14 bits per heavy atom. The van der Waals surface area contributed by atoms with Crippen molar-refractivity contribution in [2.24, 2.45) is 5.92 Å². The molecule has 0 bridgehead atoms. The molecule has 2 amide bonds. The number of H-pyrrole nitrogens is 1. The number of nitrogens with one attached hydrogen (secondary N) is 3. The van der Waals surface area contributed by atoms with Crippen LogP contribution in [0, 0.1) is 5.92 Å². The Kier molecular flexibility index (Phi) is 6.50. The van der Waals surface area contributed by atoms with Gasteiger partial charge in [-0.15, -0.1) is 0 Å². The van der Waals surface area contributed by atoms with Gasteiger partial charge in [-0.3, -0.25) is 14.5 Å². The predicted molar refractivity (Wildman–Crippen MR) is 110 cm³/mol. The zero-order chi connectivity index (χ0) is 20.2. The largest absolute Gasteiger partial charge is 0.353 e. The van der Waals surface area contributed by atoms with Gasteiger partial charge in [-0.1, -0.05) is 0 Å². The minimum absolute atomic E-state index is 0.114.